The predicted molar refractivity (Wildman–Crippen MR) is 108 cm³/mol. The van der Waals surface area contributed by atoms with Crippen LogP contribution in [0.25, 0.3) is 0 Å². The van der Waals surface area contributed by atoms with Gasteiger partial charge in [-0.05, 0) is 48.7 Å². The van der Waals surface area contributed by atoms with Gasteiger partial charge in [0.15, 0.2) is 23.0 Å². The molecule has 0 fully saturated rings. The van der Waals surface area contributed by atoms with E-state index in [1.54, 1.807) is 25.3 Å². The average Bonchev–Trinajstić information content (AvgIpc) is 2.76. The number of aliphatic hydroxyl groups excluding tert-OH is 1. The van der Waals surface area contributed by atoms with Gasteiger partial charge < -0.3 is 29.4 Å². The molecule has 1 amide bonds. The fourth-order valence-corrected chi connectivity index (χ4v) is 3.08. The lowest BCUT2D eigenvalue weighted by Crippen LogP contribution is -2.28. The number of rotatable bonds is 9. The van der Waals surface area contributed by atoms with Gasteiger partial charge in [0, 0.05) is 13.0 Å². The van der Waals surface area contributed by atoms with Gasteiger partial charge in [0.05, 0.1) is 19.8 Å². The fraction of sp³-hybridized carbons (Fsp3) is 0.409. The summed E-state index contributed by atoms with van der Waals surface area (Å²) in [6.45, 7) is 3.61. The molecule has 2 N–H and O–H groups in total. The number of carbonyl (C=O) groups excluding carboxylic acids is 1. The van der Waals surface area contributed by atoms with Crippen LogP contribution in [0.3, 0.4) is 0 Å². The zero-order valence-corrected chi connectivity index (χ0v) is 16.8. The van der Waals surface area contributed by atoms with Crippen LogP contribution in [0, 0.1) is 0 Å². The first kappa shape index (κ1) is 20.8. The minimum absolute atomic E-state index is 0.130. The minimum atomic E-state index is -0.819. The number of amides is 1. The van der Waals surface area contributed by atoms with Crippen molar-refractivity contribution >= 4 is 5.91 Å². The zero-order chi connectivity index (χ0) is 20.6. The first-order valence-electron chi connectivity index (χ1n) is 9.74. The first-order chi connectivity index (χ1) is 14.1. The number of fused-ring (bicyclic) bond motifs is 1. The van der Waals surface area contributed by atoms with Crippen LogP contribution >= 0.6 is 0 Å². The lowest BCUT2D eigenvalue weighted by Gasteiger charge is -2.20. The van der Waals surface area contributed by atoms with Crippen molar-refractivity contribution in [1.29, 1.82) is 0 Å². The highest BCUT2D eigenvalue weighted by molar-refractivity contribution is 5.76. The van der Waals surface area contributed by atoms with E-state index in [2.05, 4.69) is 5.32 Å². The highest BCUT2D eigenvalue weighted by atomic mass is 16.6. The van der Waals surface area contributed by atoms with Crippen molar-refractivity contribution in [1.82, 2.24) is 5.32 Å². The Morgan fingerprint density at radius 2 is 1.93 bits per heavy atom. The smallest absolute Gasteiger partial charge is 0.220 e. The van der Waals surface area contributed by atoms with Crippen LogP contribution in [-0.2, 0) is 11.2 Å². The highest BCUT2D eigenvalue weighted by Gasteiger charge is 2.16. The Labute approximate surface area is 170 Å². The van der Waals surface area contributed by atoms with Crippen LogP contribution < -0.4 is 24.3 Å². The number of carbonyl (C=O) groups is 1. The third-order valence-electron chi connectivity index (χ3n) is 4.61. The largest absolute Gasteiger partial charge is 0.493 e. The normalized spacial score (nSPS) is 13.5. The summed E-state index contributed by atoms with van der Waals surface area (Å²) in [6.07, 6.45) is 0.0556. The van der Waals surface area contributed by atoms with Crippen molar-refractivity contribution in [3.05, 3.63) is 47.5 Å². The number of methoxy groups -OCH3 is 1. The maximum absolute atomic E-state index is 12.2. The van der Waals surface area contributed by atoms with Crippen LogP contribution in [0.4, 0.5) is 0 Å². The van der Waals surface area contributed by atoms with E-state index in [4.69, 9.17) is 18.9 Å². The van der Waals surface area contributed by atoms with Crippen molar-refractivity contribution in [2.75, 3.05) is 33.5 Å². The quantitative estimate of drug-likeness (QED) is 0.672. The van der Waals surface area contributed by atoms with Crippen molar-refractivity contribution in [2.45, 2.75) is 25.9 Å². The van der Waals surface area contributed by atoms with Gasteiger partial charge in [-0.1, -0.05) is 12.1 Å². The van der Waals surface area contributed by atoms with Gasteiger partial charge in [0.1, 0.15) is 13.2 Å². The molecule has 1 aliphatic rings. The van der Waals surface area contributed by atoms with Gasteiger partial charge in [-0.2, -0.15) is 0 Å². The van der Waals surface area contributed by atoms with E-state index in [9.17, 15) is 9.90 Å². The second-order valence-electron chi connectivity index (χ2n) is 6.64. The average molecular weight is 401 g/mol. The molecule has 2 aromatic rings. The maximum atomic E-state index is 12.2. The second-order valence-corrected chi connectivity index (χ2v) is 6.64. The van der Waals surface area contributed by atoms with Crippen molar-refractivity contribution < 1.29 is 28.8 Å². The Morgan fingerprint density at radius 3 is 2.69 bits per heavy atom. The van der Waals surface area contributed by atoms with E-state index in [1.807, 2.05) is 25.1 Å². The number of benzene rings is 2. The van der Waals surface area contributed by atoms with Gasteiger partial charge in [-0.15, -0.1) is 0 Å². The summed E-state index contributed by atoms with van der Waals surface area (Å²) in [5.41, 5.74) is 1.65. The number of aliphatic hydroxyl groups is 1. The zero-order valence-electron chi connectivity index (χ0n) is 16.8. The van der Waals surface area contributed by atoms with E-state index in [1.165, 1.54) is 0 Å². The third kappa shape index (κ3) is 5.54. The number of hydrogen-bond acceptors (Lipinski definition) is 6. The monoisotopic (exact) mass is 401 g/mol. The highest BCUT2D eigenvalue weighted by Crippen LogP contribution is 2.32. The van der Waals surface area contributed by atoms with E-state index in [0.29, 0.717) is 61.2 Å². The van der Waals surface area contributed by atoms with Gasteiger partial charge in [0.25, 0.3) is 0 Å². The third-order valence-corrected chi connectivity index (χ3v) is 4.61. The topological polar surface area (TPSA) is 86.3 Å². The van der Waals surface area contributed by atoms with Crippen molar-refractivity contribution in [3.63, 3.8) is 0 Å². The number of nitrogens with one attached hydrogen (secondary N) is 1. The predicted octanol–water partition coefficient (Wildman–Crippen LogP) is 2.65. The van der Waals surface area contributed by atoms with Gasteiger partial charge in [-0.25, -0.2) is 0 Å². The summed E-state index contributed by atoms with van der Waals surface area (Å²) in [4.78, 5) is 12.2. The number of aryl methyl sites for hydroxylation is 1. The summed E-state index contributed by atoms with van der Waals surface area (Å²) < 4.78 is 21.8. The fourth-order valence-electron chi connectivity index (χ4n) is 3.08. The summed E-state index contributed by atoms with van der Waals surface area (Å²) in [5, 5.41) is 13.1. The second kappa shape index (κ2) is 10.0. The van der Waals surface area contributed by atoms with Crippen LogP contribution in [0.5, 0.6) is 23.0 Å². The molecule has 1 unspecified atom stereocenters. The Morgan fingerprint density at radius 1 is 1.14 bits per heavy atom. The van der Waals surface area contributed by atoms with Crippen LogP contribution in [0.2, 0.25) is 0 Å². The summed E-state index contributed by atoms with van der Waals surface area (Å²) in [7, 11) is 1.59. The number of ether oxygens (including phenoxy) is 4. The Hall–Kier alpha value is -2.93. The summed E-state index contributed by atoms with van der Waals surface area (Å²) >= 11 is 0. The molecule has 3 rings (SSSR count). The molecule has 0 spiro atoms. The molecule has 156 valence electrons. The molecular weight excluding hydrogens is 374 g/mol. The van der Waals surface area contributed by atoms with Gasteiger partial charge in [-0.3, -0.25) is 4.79 Å². The molecule has 0 aliphatic carbocycles. The minimum Gasteiger partial charge on any atom is -0.493 e. The molecule has 7 heteroatoms. The van der Waals surface area contributed by atoms with Crippen LogP contribution in [0.1, 0.15) is 30.6 Å². The molecule has 0 aromatic heterocycles. The van der Waals surface area contributed by atoms with E-state index < -0.39 is 6.10 Å². The molecule has 2 aromatic carbocycles. The van der Waals surface area contributed by atoms with E-state index in [-0.39, 0.29) is 12.5 Å². The number of hydrogen-bond donors (Lipinski definition) is 2. The molecule has 29 heavy (non-hydrogen) atoms. The molecule has 0 bridgehead atoms. The molecule has 7 nitrogen and oxygen atoms in total. The molecule has 1 aliphatic heterocycles. The lowest BCUT2D eigenvalue weighted by atomic mass is 10.1. The summed E-state index contributed by atoms with van der Waals surface area (Å²) in [6, 6.07) is 10.9. The molecule has 0 radical (unpaired) electrons. The standard InChI is InChI=1S/C22H27NO6/c1-3-27-18-7-4-15(12-20(18)26-2)5-9-22(25)23-14-17(24)16-6-8-19-21(13-16)29-11-10-28-19/h4,6-8,12-13,17,24H,3,5,9-11,14H2,1-2H3,(H,23,25). The Balaban J connectivity index is 1.48. The van der Waals surface area contributed by atoms with Crippen molar-refractivity contribution in [3.8, 4) is 23.0 Å². The Kier molecular flexibility index (Phi) is 7.19. The molecule has 0 saturated carbocycles. The van der Waals surface area contributed by atoms with Crippen LogP contribution in [0.15, 0.2) is 36.4 Å². The van der Waals surface area contributed by atoms with Crippen molar-refractivity contribution in [2.24, 2.45) is 0 Å². The van der Waals surface area contributed by atoms with Gasteiger partial charge in [0.2, 0.25) is 5.91 Å². The van der Waals surface area contributed by atoms with E-state index >= 15 is 0 Å². The molecule has 0 saturated heterocycles. The maximum Gasteiger partial charge on any atom is 0.220 e. The lowest BCUT2D eigenvalue weighted by molar-refractivity contribution is -0.121. The first-order valence-corrected chi connectivity index (χ1v) is 9.74. The molecular formula is C22H27NO6. The Bertz CT molecular complexity index is 838. The SMILES string of the molecule is CCOc1ccc(CCC(=O)NCC(O)c2ccc3c(c2)OCCO3)cc1OC. The molecule has 1 atom stereocenters. The van der Waals surface area contributed by atoms with Crippen LogP contribution in [-0.4, -0.2) is 44.5 Å². The molecule has 1 heterocycles. The summed E-state index contributed by atoms with van der Waals surface area (Å²) in [5.74, 6) is 2.49. The van der Waals surface area contributed by atoms with E-state index in [0.717, 1.165) is 5.56 Å². The van der Waals surface area contributed by atoms with Gasteiger partial charge >= 0.3 is 0 Å².